The number of rotatable bonds is 5. The van der Waals surface area contributed by atoms with Gasteiger partial charge < -0.3 is 10.2 Å². The summed E-state index contributed by atoms with van der Waals surface area (Å²) in [7, 11) is -1.37. The molecule has 1 fully saturated rings. The van der Waals surface area contributed by atoms with Crippen LogP contribution in [0.4, 0.5) is 0 Å². The summed E-state index contributed by atoms with van der Waals surface area (Å²) in [5, 5.41) is 3.21. The van der Waals surface area contributed by atoms with Gasteiger partial charge in [0.15, 0.2) is 5.96 Å². The predicted molar refractivity (Wildman–Crippen MR) is 98.8 cm³/mol. The molecule has 0 unspecified atom stereocenters. The fraction of sp³-hybridized carbons (Fsp3) is 0.923. The first-order valence-electron chi connectivity index (χ1n) is 7.03. The number of guanidine groups is 1. The Hall–Kier alpha value is -0.0900. The minimum atomic E-state index is -3.12. The number of likely N-dealkylation sites (tertiary alicyclic amines) is 1. The fourth-order valence-electron chi connectivity index (χ4n) is 2.18. The van der Waals surface area contributed by atoms with Gasteiger partial charge in [-0.25, -0.2) is 13.1 Å². The molecule has 0 saturated carbocycles. The molecule has 1 aliphatic rings. The van der Waals surface area contributed by atoms with Crippen LogP contribution in [0.25, 0.3) is 0 Å². The third-order valence-corrected chi connectivity index (χ3v) is 5.87. The minimum Gasteiger partial charge on any atom is -0.355 e. The van der Waals surface area contributed by atoms with E-state index in [0.29, 0.717) is 13.1 Å². The van der Waals surface area contributed by atoms with Gasteiger partial charge in [-0.2, -0.15) is 0 Å². The van der Waals surface area contributed by atoms with Crippen LogP contribution in [-0.2, 0) is 10.0 Å². The van der Waals surface area contributed by atoms with Gasteiger partial charge in [0.2, 0.25) is 10.0 Å². The second kappa shape index (κ2) is 7.45. The van der Waals surface area contributed by atoms with Gasteiger partial charge in [0.1, 0.15) is 0 Å². The van der Waals surface area contributed by atoms with Crippen molar-refractivity contribution >= 4 is 40.0 Å². The van der Waals surface area contributed by atoms with Gasteiger partial charge >= 0.3 is 0 Å². The van der Waals surface area contributed by atoms with Crippen LogP contribution >= 0.6 is 24.0 Å². The van der Waals surface area contributed by atoms with Crippen LogP contribution in [0, 0.1) is 5.41 Å². The molecule has 0 aromatic heterocycles. The van der Waals surface area contributed by atoms with Gasteiger partial charge in [-0.05, 0) is 20.8 Å². The van der Waals surface area contributed by atoms with Crippen molar-refractivity contribution in [2.24, 2.45) is 10.4 Å². The molecule has 0 radical (unpaired) electrons. The molecule has 126 valence electrons. The molecule has 0 aliphatic carbocycles. The third kappa shape index (κ3) is 4.69. The summed E-state index contributed by atoms with van der Waals surface area (Å²) in [6.07, 6.45) is 0. The first kappa shape index (κ1) is 20.9. The number of hydrogen-bond acceptors (Lipinski definition) is 3. The molecule has 1 heterocycles. The monoisotopic (exact) mass is 432 g/mol. The highest BCUT2D eigenvalue weighted by molar-refractivity contribution is 14.0. The minimum absolute atomic E-state index is 0. The van der Waals surface area contributed by atoms with Gasteiger partial charge in [0.25, 0.3) is 0 Å². The molecule has 1 rings (SSSR count). The van der Waals surface area contributed by atoms with E-state index in [1.165, 1.54) is 0 Å². The molecule has 1 saturated heterocycles. The standard InChI is InChI=1S/C13H28N4O2S.HI/c1-7-20(18,19)16-9-8-15-11(14-6)17-10-12(2,3)13(17,4)5;/h16H,7-10H2,1-6H3,(H,14,15);1H. The van der Waals surface area contributed by atoms with Gasteiger partial charge in [-0.1, -0.05) is 13.8 Å². The second-order valence-electron chi connectivity index (χ2n) is 6.30. The Morgan fingerprint density at radius 2 is 1.81 bits per heavy atom. The maximum Gasteiger partial charge on any atom is 0.211 e. The number of sulfonamides is 1. The van der Waals surface area contributed by atoms with E-state index in [2.05, 4.69) is 47.6 Å². The molecular formula is C13H29IN4O2S. The van der Waals surface area contributed by atoms with Crippen molar-refractivity contribution in [3.05, 3.63) is 0 Å². The molecular weight excluding hydrogens is 403 g/mol. The Balaban J connectivity index is 0.00000400. The molecule has 0 amide bonds. The van der Waals surface area contributed by atoms with Crippen LogP contribution in [0.1, 0.15) is 34.6 Å². The molecule has 6 nitrogen and oxygen atoms in total. The smallest absolute Gasteiger partial charge is 0.211 e. The van der Waals surface area contributed by atoms with Gasteiger partial charge in [0, 0.05) is 37.6 Å². The van der Waals surface area contributed by atoms with Crippen molar-refractivity contribution in [2.75, 3.05) is 32.4 Å². The number of halogens is 1. The third-order valence-electron chi connectivity index (χ3n) is 4.46. The van der Waals surface area contributed by atoms with E-state index in [4.69, 9.17) is 0 Å². The molecule has 8 heteroatoms. The van der Waals surface area contributed by atoms with Crippen molar-refractivity contribution in [3.63, 3.8) is 0 Å². The summed E-state index contributed by atoms with van der Waals surface area (Å²) >= 11 is 0. The van der Waals surface area contributed by atoms with Crippen molar-refractivity contribution in [3.8, 4) is 0 Å². The SMILES string of the molecule is CCS(=O)(=O)NCCNC(=NC)N1CC(C)(C)C1(C)C.I. The summed E-state index contributed by atoms with van der Waals surface area (Å²) in [4.78, 5) is 6.50. The van der Waals surface area contributed by atoms with E-state index in [9.17, 15) is 8.42 Å². The molecule has 0 spiro atoms. The highest BCUT2D eigenvalue weighted by atomic mass is 127. The quantitative estimate of drug-likeness (QED) is 0.297. The maximum atomic E-state index is 11.3. The number of hydrogen-bond donors (Lipinski definition) is 2. The van der Waals surface area contributed by atoms with Crippen LogP contribution in [0.3, 0.4) is 0 Å². The highest BCUT2D eigenvalue weighted by Crippen LogP contribution is 2.46. The van der Waals surface area contributed by atoms with E-state index in [-0.39, 0.29) is 40.7 Å². The summed E-state index contributed by atoms with van der Waals surface area (Å²) in [5.74, 6) is 0.930. The molecule has 2 N–H and O–H groups in total. The molecule has 0 atom stereocenters. The van der Waals surface area contributed by atoms with Gasteiger partial charge in [-0.15, -0.1) is 24.0 Å². The summed E-state index contributed by atoms with van der Waals surface area (Å²) in [6, 6.07) is 0. The largest absolute Gasteiger partial charge is 0.355 e. The lowest BCUT2D eigenvalue weighted by molar-refractivity contribution is -0.0666. The van der Waals surface area contributed by atoms with E-state index < -0.39 is 10.0 Å². The molecule has 0 aromatic rings. The number of aliphatic imine (C=N–C) groups is 1. The second-order valence-corrected chi connectivity index (χ2v) is 8.40. The lowest BCUT2D eigenvalue weighted by Crippen LogP contribution is -2.72. The van der Waals surface area contributed by atoms with Crippen LogP contribution in [0.5, 0.6) is 0 Å². The Morgan fingerprint density at radius 3 is 2.19 bits per heavy atom. The normalized spacial score (nSPS) is 20.5. The zero-order valence-corrected chi connectivity index (χ0v) is 17.0. The molecule has 0 aromatic carbocycles. The number of nitrogens with zero attached hydrogens (tertiary/aromatic N) is 2. The van der Waals surface area contributed by atoms with Gasteiger partial charge in [0.05, 0.1) is 5.75 Å². The first-order valence-corrected chi connectivity index (χ1v) is 8.68. The summed E-state index contributed by atoms with van der Waals surface area (Å²) < 4.78 is 25.2. The van der Waals surface area contributed by atoms with Crippen LogP contribution in [-0.4, -0.2) is 57.3 Å². The highest BCUT2D eigenvalue weighted by Gasteiger charge is 2.53. The van der Waals surface area contributed by atoms with Crippen molar-refractivity contribution < 1.29 is 8.42 Å². The Kier molecular flexibility index (Phi) is 7.42. The van der Waals surface area contributed by atoms with Crippen molar-refractivity contribution in [1.82, 2.24) is 14.9 Å². The van der Waals surface area contributed by atoms with E-state index in [1.807, 2.05) is 0 Å². The van der Waals surface area contributed by atoms with Crippen LogP contribution in [0.15, 0.2) is 4.99 Å². The number of nitrogens with one attached hydrogen (secondary N) is 2. The molecule has 21 heavy (non-hydrogen) atoms. The zero-order valence-electron chi connectivity index (χ0n) is 13.9. The average Bonchev–Trinajstić information content (AvgIpc) is 2.37. The lowest BCUT2D eigenvalue weighted by atomic mass is 9.65. The van der Waals surface area contributed by atoms with Crippen molar-refractivity contribution in [1.29, 1.82) is 0 Å². The molecule has 0 bridgehead atoms. The average molecular weight is 432 g/mol. The van der Waals surface area contributed by atoms with Crippen molar-refractivity contribution in [2.45, 2.75) is 40.2 Å². The summed E-state index contributed by atoms with van der Waals surface area (Å²) in [5.41, 5.74) is 0.284. The zero-order chi connectivity index (χ0) is 15.6. The van der Waals surface area contributed by atoms with Gasteiger partial charge in [-0.3, -0.25) is 4.99 Å². The van der Waals surface area contributed by atoms with Crippen LogP contribution < -0.4 is 10.0 Å². The topological polar surface area (TPSA) is 73.8 Å². The van der Waals surface area contributed by atoms with Crippen LogP contribution in [0.2, 0.25) is 0 Å². The molecule has 1 aliphatic heterocycles. The fourth-order valence-corrected chi connectivity index (χ4v) is 2.80. The Bertz CT molecular complexity index is 475. The van der Waals surface area contributed by atoms with E-state index in [0.717, 1.165) is 12.5 Å². The van der Waals surface area contributed by atoms with E-state index in [1.54, 1.807) is 14.0 Å². The Morgan fingerprint density at radius 1 is 1.24 bits per heavy atom. The Labute approximate surface area is 146 Å². The van der Waals surface area contributed by atoms with E-state index >= 15 is 0 Å². The first-order chi connectivity index (χ1) is 9.07. The maximum absolute atomic E-state index is 11.3. The lowest BCUT2D eigenvalue weighted by Gasteiger charge is -2.62. The predicted octanol–water partition coefficient (Wildman–Crippen LogP) is 1.24. The summed E-state index contributed by atoms with van der Waals surface area (Å²) in [6.45, 7) is 12.3.